The summed E-state index contributed by atoms with van der Waals surface area (Å²) in [5.74, 6) is 0.551. The van der Waals surface area contributed by atoms with Crippen LogP contribution in [0.1, 0.15) is 23.5 Å². The number of aromatic nitrogens is 5. The first-order valence-electron chi connectivity index (χ1n) is 13.6. The van der Waals surface area contributed by atoms with Gasteiger partial charge < -0.3 is 14.9 Å². The fourth-order valence-corrected chi connectivity index (χ4v) is 5.51. The van der Waals surface area contributed by atoms with Gasteiger partial charge >= 0.3 is 0 Å². The number of hydrogen-bond donors (Lipinski definition) is 1. The molecule has 0 spiro atoms. The van der Waals surface area contributed by atoms with Crippen molar-refractivity contribution in [3.05, 3.63) is 90.6 Å². The van der Waals surface area contributed by atoms with E-state index < -0.39 is 0 Å². The number of nitrogens with zero attached hydrogens (tertiary/aromatic N) is 8. The average molecular weight is 547 g/mol. The molecule has 4 aromatic heterocycles. The Morgan fingerprint density at radius 2 is 1.78 bits per heavy atom. The summed E-state index contributed by atoms with van der Waals surface area (Å²) in [4.78, 5) is 22.2. The maximum Gasteiger partial charge on any atom is 0.230 e. The topological polar surface area (TPSA) is 116 Å². The molecule has 1 saturated heterocycles. The molecule has 10 nitrogen and oxygen atoms in total. The number of nitriles is 1. The van der Waals surface area contributed by atoms with E-state index in [1.54, 1.807) is 21.6 Å². The zero-order valence-corrected chi connectivity index (χ0v) is 22.8. The SMILES string of the molecule is Cn1cc(-c2cc(-c3ccc(N4CCN(C(=O)[C@@H](CCO)c5ccccc5)CC4)nc3)c3c(C#N)cnn3c2)cn1. The van der Waals surface area contributed by atoms with Crippen LogP contribution in [0.2, 0.25) is 0 Å². The quantitative estimate of drug-likeness (QED) is 0.332. The second-order valence-corrected chi connectivity index (χ2v) is 10.2. The molecule has 0 bridgehead atoms. The van der Waals surface area contributed by atoms with Gasteiger partial charge in [-0.05, 0) is 30.2 Å². The van der Waals surface area contributed by atoms with Gasteiger partial charge in [0.05, 0.1) is 29.4 Å². The molecule has 0 saturated carbocycles. The van der Waals surface area contributed by atoms with Crippen LogP contribution in [-0.4, -0.2) is 73.1 Å². The normalized spacial score (nSPS) is 14.3. The number of hydrogen-bond acceptors (Lipinski definition) is 7. The highest BCUT2D eigenvalue weighted by molar-refractivity contribution is 5.87. The molecular formula is C31H30N8O2. The van der Waals surface area contributed by atoms with E-state index in [-0.39, 0.29) is 18.4 Å². The molecule has 0 radical (unpaired) electrons. The summed E-state index contributed by atoms with van der Waals surface area (Å²) in [5, 5.41) is 28.0. The van der Waals surface area contributed by atoms with Crippen LogP contribution in [0.5, 0.6) is 0 Å². The minimum absolute atomic E-state index is 0.0336. The number of piperazine rings is 1. The molecule has 10 heteroatoms. The molecule has 0 aliphatic carbocycles. The average Bonchev–Trinajstić information content (AvgIpc) is 3.65. The standard InChI is InChI=1S/C31H30N8O2/c1-36-20-26(19-34-36)24-15-28(30-25(16-32)18-35-39(30)21-24)23-7-8-29(33-17-23)37-10-12-38(13-11-37)31(41)27(9-14-40)22-5-3-2-4-6-22/h2-8,15,17-21,27,40H,9-14H2,1H3/t27-/m0/s1. The first-order chi connectivity index (χ1) is 20.1. The summed E-state index contributed by atoms with van der Waals surface area (Å²) in [6.07, 6.45) is 9.47. The van der Waals surface area contributed by atoms with Crippen molar-refractivity contribution in [2.45, 2.75) is 12.3 Å². The third kappa shape index (κ3) is 5.15. The monoisotopic (exact) mass is 546 g/mol. The molecule has 206 valence electrons. The summed E-state index contributed by atoms with van der Waals surface area (Å²) in [7, 11) is 1.87. The molecule has 1 aliphatic rings. The molecule has 41 heavy (non-hydrogen) atoms. The highest BCUT2D eigenvalue weighted by atomic mass is 16.3. The number of fused-ring (bicyclic) bond motifs is 1. The Morgan fingerprint density at radius 1 is 0.976 bits per heavy atom. The van der Waals surface area contributed by atoms with Crippen LogP contribution >= 0.6 is 0 Å². The Labute approximate surface area is 237 Å². The molecule has 1 aliphatic heterocycles. The predicted molar refractivity (Wildman–Crippen MR) is 155 cm³/mol. The first-order valence-corrected chi connectivity index (χ1v) is 13.6. The van der Waals surface area contributed by atoms with E-state index in [0.717, 1.165) is 39.2 Å². The highest BCUT2D eigenvalue weighted by Crippen LogP contribution is 2.32. The number of carbonyl (C=O) groups excluding carboxylic acids is 1. The number of aryl methyl sites for hydroxylation is 1. The van der Waals surface area contributed by atoms with Crippen molar-refractivity contribution in [2.24, 2.45) is 7.05 Å². The lowest BCUT2D eigenvalue weighted by Gasteiger charge is -2.37. The second kappa shape index (κ2) is 11.2. The van der Waals surface area contributed by atoms with E-state index >= 15 is 0 Å². The molecule has 5 heterocycles. The maximum atomic E-state index is 13.3. The van der Waals surface area contributed by atoms with Gasteiger partial charge in [0.25, 0.3) is 0 Å². The van der Waals surface area contributed by atoms with E-state index in [0.29, 0.717) is 38.2 Å². The van der Waals surface area contributed by atoms with Gasteiger partial charge in [0.15, 0.2) is 0 Å². The van der Waals surface area contributed by atoms with Gasteiger partial charge in [-0.1, -0.05) is 30.3 Å². The molecule has 1 fully saturated rings. The minimum Gasteiger partial charge on any atom is -0.396 e. The van der Waals surface area contributed by atoms with Gasteiger partial charge in [-0.3, -0.25) is 9.48 Å². The number of amides is 1. The Balaban J connectivity index is 1.21. The molecule has 1 atom stereocenters. The molecule has 1 aromatic carbocycles. The van der Waals surface area contributed by atoms with E-state index in [9.17, 15) is 15.2 Å². The lowest BCUT2D eigenvalue weighted by atomic mass is 9.94. The van der Waals surface area contributed by atoms with Gasteiger partial charge in [0.2, 0.25) is 5.91 Å². The number of benzene rings is 1. The van der Waals surface area contributed by atoms with Crippen LogP contribution in [0.4, 0.5) is 5.82 Å². The van der Waals surface area contributed by atoms with Crippen molar-refractivity contribution in [1.29, 1.82) is 5.26 Å². The fourth-order valence-electron chi connectivity index (χ4n) is 5.51. The highest BCUT2D eigenvalue weighted by Gasteiger charge is 2.28. The smallest absolute Gasteiger partial charge is 0.230 e. The van der Waals surface area contributed by atoms with E-state index in [1.165, 1.54) is 0 Å². The lowest BCUT2D eigenvalue weighted by Crippen LogP contribution is -2.50. The number of pyridine rings is 2. The van der Waals surface area contributed by atoms with E-state index in [1.807, 2.05) is 79.1 Å². The Kier molecular flexibility index (Phi) is 7.18. The molecule has 1 amide bonds. The zero-order chi connectivity index (χ0) is 28.3. The Morgan fingerprint density at radius 3 is 2.44 bits per heavy atom. The number of carbonyl (C=O) groups is 1. The van der Waals surface area contributed by atoms with Crippen molar-refractivity contribution in [1.82, 2.24) is 29.3 Å². The lowest BCUT2D eigenvalue weighted by molar-refractivity contribution is -0.133. The molecule has 1 N–H and O–H groups in total. The van der Waals surface area contributed by atoms with Crippen LogP contribution in [0.25, 0.3) is 27.8 Å². The van der Waals surface area contributed by atoms with Crippen LogP contribution in [0, 0.1) is 11.3 Å². The second-order valence-electron chi connectivity index (χ2n) is 10.2. The number of aliphatic hydroxyl groups excluding tert-OH is 1. The molecule has 6 rings (SSSR count). The van der Waals surface area contributed by atoms with Gasteiger partial charge in [-0.15, -0.1) is 0 Å². The van der Waals surface area contributed by atoms with Gasteiger partial charge in [0, 0.05) is 80.7 Å². The number of aliphatic hydroxyl groups is 1. The van der Waals surface area contributed by atoms with Crippen LogP contribution in [0.15, 0.2) is 79.5 Å². The first kappa shape index (κ1) is 26.2. The summed E-state index contributed by atoms with van der Waals surface area (Å²) < 4.78 is 3.49. The van der Waals surface area contributed by atoms with E-state index in [2.05, 4.69) is 21.2 Å². The predicted octanol–water partition coefficient (Wildman–Crippen LogP) is 3.48. The van der Waals surface area contributed by atoms with Crippen molar-refractivity contribution >= 4 is 17.2 Å². The molecular weight excluding hydrogens is 516 g/mol. The van der Waals surface area contributed by atoms with Crippen molar-refractivity contribution < 1.29 is 9.90 Å². The zero-order valence-electron chi connectivity index (χ0n) is 22.8. The molecule has 0 unspecified atom stereocenters. The van der Waals surface area contributed by atoms with Gasteiger partial charge in [0.1, 0.15) is 11.9 Å². The maximum absolute atomic E-state index is 13.3. The number of anilines is 1. The molecule has 5 aromatic rings. The third-order valence-electron chi connectivity index (χ3n) is 7.66. The summed E-state index contributed by atoms with van der Waals surface area (Å²) >= 11 is 0. The van der Waals surface area contributed by atoms with Crippen LogP contribution in [0.3, 0.4) is 0 Å². The van der Waals surface area contributed by atoms with E-state index in [4.69, 9.17) is 4.98 Å². The fraction of sp³-hybridized carbons (Fsp3) is 0.258. The summed E-state index contributed by atoms with van der Waals surface area (Å²) in [6, 6.07) is 18.0. The summed E-state index contributed by atoms with van der Waals surface area (Å²) in [6.45, 7) is 2.48. The van der Waals surface area contributed by atoms with Crippen molar-refractivity contribution in [3.63, 3.8) is 0 Å². The third-order valence-corrected chi connectivity index (χ3v) is 7.66. The van der Waals surface area contributed by atoms with Crippen molar-refractivity contribution in [3.8, 4) is 28.3 Å². The minimum atomic E-state index is -0.341. The number of rotatable bonds is 7. The largest absolute Gasteiger partial charge is 0.396 e. The van der Waals surface area contributed by atoms with Crippen molar-refractivity contribution in [2.75, 3.05) is 37.7 Å². The Bertz CT molecular complexity index is 1710. The van der Waals surface area contributed by atoms with Gasteiger partial charge in [-0.2, -0.15) is 15.5 Å². The van der Waals surface area contributed by atoms with Gasteiger partial charge in [-0.25, -0.2) is 9.50 Å². The summed E-state index contributed by atoms with van der Waals surface area (Å²) in [5.41, 5.74) is 5.81. The van der Waals surface area contributed by atoms with Crippen LogP contribution < -0.4 is 4.90 Å². The van der Waals surface area contributed by atoms with Crippen LogP contribution in [-0.2, 0) is 11.8 Å². The Hall–Kier alpha value is -5.01.